The second-order valence-corrected chi connectivity index (χ2v) is 5.49. The van der Waals surface area contributed by atoms with Crippen LogP contribution in [0.25, 0.3) is 0 Å². The molecule has 1 heterocycles. The van der Waals surface area contributed by atoms with Crippen LogP contribution in [0.2, 0.25) is 5.02 Å². The summed E-state index contributed by atoms with van der Waals surface area (Å²) in [6.45, 7) is 1.91. The summed E-state index contributed by atoms with van der Waals surface area (Å²) in [4.78, 5) is 0. The molecule has 1 unspecified atom stereocenters. The van der Waals surface area contributed by atoms with Gasteiger partial charge in [0.05, 0.1) is 19.2 Å². The SMILES string of the molecule is COc1cc(C2CNCC3=C2C=CC3)cc(Cl)c1OC. The zero-order chi connectivity index (χ0) is 14.1. The van der Waals surface area contributed by atoms with Crippen molar-refractivity contribution in [3.63, 3.8) is 0 Å². The largest absolute Gasteiger partial charge is 0.493 e. The molecule has 1 N–H and O–H groups in total. The van der Waals surface area contributed by atoms with Gasteiger partial charge in [-0.1, -0.05) is 23.8 Å². The molecule has 0 saturated carbocycles. The molecule has 1 aliphatic heterocycles. The Morgan fingerprint density at radius 3 is 2.85 bits per heavy atom. The first-order valence-corrected chi connectivity index (χ1v) is 7.13. The summed E-state index contributed by atoms with van der Waals surface area (Å²) in [6.07, 6.45) is 5.53. The number of halogens is 1. The molecular formula is C16H18ClNO2. The fraction of sp³-hybridized carbons (Fsp3) is 0.375. The third-order valence-electron chi connectivity index (χ3n) is 3.99. The van der Waals surface area contributed by atoms with Crippen molar-refractivity contribution >= 4 is 11.6 Å². The Balaban J connectivity index is 2.04. The predicted molar refractivity (Wildman–Crippen MR) is 80.9 cm³/mol. The zero-order valence-corrected chi connectivity index (χ0v) is 12.5. The van der Waals surface area contributed by atoms with Gasteiger partial charge in [-0.05, 0) is 35.3 Å². The third kappa shape index (κ3) is 2.21. The van der Waals surface area contributed by atoms with Crippen molar-refractivity contribution in [3.05, 3.63) is 46.0 Å². The van der Waals surface area contributed by atoms with Crippen molar-refractivity contribution in [1.82, 2.24) is 5.32 Å². The van der Waals surface area contributed by atoms with Crippen molar-refractivity contribution in [2.45, 2.75) is 12.3 Å². The highest BCUT2D eigenvalue weighted by Crippen LogP contribution is 2.41. The maximum Gasteiger partial charge on any atom is 0.179 e. The Labute approximate surface area is 124 Å². The highest BCUT2D eigenvalue weighted by Gasteiger charge is 2.26. The summed E-state index contributed by atoms with van der Waals surface area (Å²) >= 11 is 6.32. The second-order valence-electron chi connectivity index (χ2n) is 5.09. The van der Waals surface area contributed by atoms with Crippen LogP contribution in [-0.2, 0) is 0 Å². The summed E-state index contributed by atoms with van der Waals surface area (Å²) < 4.78 is 10.7. The van der Waals surface area contributed by atoms with E-state index < -0.39 is 0 Å². The number of allylic oxidation sites excluding steroid dienone is 2. The van der Waals surface area contributed by atoms with Gasteiger partial charge in [0.1, 0.15) is 0 Å². The van der Waals surface area contributed by atoms with Crippen LogP contribution >= 0.6 is 11.6 Å². The minimum Gasteiger partial charge on any atom is -0.493 e. The monoisotopic (exact) mass is 291 g/mol. The van der Waals surface area contributed by atoms with Gasteiger partial charge in [-0.15, -0.1) is 0 Å². The van der Waals surface area contributed by atoms with Crippen molar-refractivity contribution in [2.24, 2.45) is 0 Å². The average Bonchev–Trinajstić information content (AvgIpc) is 2.94. The summed E-state index contributed by atoms with van der Waals surface area (Å²) in [5.41, 5.74) is 4.07. The average molecular weight is 292 g/mol. The zero-order valence-electron chi connectivity index (χ0n) is 11.7. The molecule has 20 heavy (non-hydrogen) atoms. The van der Waals surface area contributed by atoms with Crippen molar-refractivity contribution < 1.29 is 9.47 Å². The number of ether oxygens (including phenoxy) is 2. The van der Waals surface area contributed by atoms with E-state index in [2.05, 4.69) is 17.5 Å². The summed E-state index contributed by atoms with van der Waals surface area (Å²) in [5, 5.41) is 4.07. The first-order valence-electron chi connectivity index (χ1n) is 6.75. The molecule has 106 valence electrons. The topological polar surface area (TPSA) is 30.5 Å². The minimum atomic E-state index is 0.329. The van der Waals surface area contributed by atoms with Crippen LogP contribution < -0.4 is 14.8 Å². The first-order chi connectivity index (χ1) is 9.74. The van der Waals surface area contributed by atoms with E-state index in [1.807, 2.05) is 12.1 Å². The summed E-state index contributed by atoms with van der Waals surface area (Å²) in [5.74, 6) is 1.61. The number of hydrogen-bond donors (Lipinski definition) is 1. The lowest BCUT2D eigenvalue weighted by atomic mass is 9.86. The maximum absolute atomic E-state index is 6.32. The van der Waals surface area contributed by atoms with Crippen molar-refractivity contribution in [1.29, 1.82) is 0 Å². The van der Waals surface area contributed by atoms with Crippen LogP contribution in [-0.4, -0.2) is 27.3 Å². The van der Waals surface area contributed by atoms with Crippen LogP contribution in [0.5, 0.6) is 11.5 Å². The van der Waals surface area contributed by atoms with E-state index in [4.69, 9.17) is 21.1 Å². The highest BCUT2D eigenvalue weighted by atomic mass is 35.5. The molecule has 0 aromatic heterocycles. The predicted octanol–water partition coefficient (Wildman–Crippen LogP) is 3.30. The standard InChI is InChI=1S/C16H18ClNO2/c1-19-15-7-11(6-14(17)16(15)20-2)13-9-18-8-10-4-3-5-12(10)13/h3,5-7,13,18H,4,8-9H2,1-2H3. The van der Waals surface area contributed by atoms with E-state index in [-0.39, 0.29) is 0 Å². The second kappa shape index (κ2) is 5.51. The van der Waals surface area contributed by atoms with Gasteiger partial charge in [0.15, 0.2) is 11.5 Å². The summed E-state index contributed by atoms with van der Waals surface area (Å²) in [7, 11) is 3.24. The number of hydrogen-bond acceptors (Lipinski definition) is 3. The van der Waals surface area contributed by atoms with Crippen molar-refractivity contribution in [2.75, 3.05) is 27.3 Å². The van der Waals surface area contributed by atoms with E-state index in [0.29, 0.717) is 22.4 Å². The lowest BCUT2D eigenvalue weighted by Gasteiger charge is -2.26. The Bertz CT molecular complexity index is 592. The number of methoxy groups -OCH3 is 2. The minimum absolute atomic E-state index is 0.329. The first kappa shape index (κ1) is 13.5. The van der Waals surface area contributed by atoms with Crippen LogP contribution in [0.4, 0.5) is 0 Å². The Morgan fingerprint density at radius 2 is 2.10 bits per heavy atom. The van der Waals surface area contributed by atoms with Gasteiger partial charge in [0, 0.05) is 19.0 Å². The molecule has 1 aromatic carbocycles. The van der Waals surface area contributed by atoms with Crippen LogP contribution in [0.15, 0.2) is 35.4 Å². The van der Waals surface area contributed by atoms with Crippen molar-refractivity contribution in [3.8, 4) is 11.5 Å². The molecule has 1 aromatic rings. The van der Waals surface area contributed by atoms with E-state index in [0.717, 1.165) is 19.5 Å². The molecule has 0 fully saturated rings. The Kier molecular flexibility index (Phi) is 3.72. The van der Waals surface area contributed by atoms with Gasteiger partial charge in [-0.2, -0.15) is 0 Å². The van der Waals surface area contributed by atoms with E-state index in [1.54, 1.807) is 14.2 Å². The molecule has 2 aliphatic rings. The Morgan fingerprint density at radius 1 is 1.25 bits per heavy atom. The molecule has 0 saturated heterocycles. The highest BCUT2D eigenvalue weighted by molar-refractivity contribution is 6.32. The number of benzene rings is 1. The maximum atomic E-state index is 6.32. The van der Waals surface area contributed by atoms with Gasteiger partial charge in [-0.3, -0.25) is 0 Å². The third-order valence-corrected chi connectivity index (χ3v) is 4.27. The molecule has 0 bridgehead atoms. The van der Waals surface area contributed by atoms with Crippen LogP contribution in [0.3, 0.4) is 0 Å². The van der Waals surface area contributed by atoms with Gasteiger partial charge >= 0.3 is 0 Å². The molecule has 1 aliphatic carbocycles. The summed E-state index contributed by atoms with van der Waals surface area (Å²) in [6, 6.07) is 4.01. The van der Waals surface area contributed by atoms with Crippen LogP contribution in [0, 0.1) is 0 Å². The van der Waals surface area contributed by atoms with E-state index in [9.17, 15) is 0 Å². The van der Waals surface area contributed by atoms with Gasteiger partial charge < -0.3 is 14.8 Å². The molecule has 0 radical (unpaired) electrons. The molecular weight excluding hydrogens is 274 g/mol. The fourth-order valence-corrected chi connectivity index (χ4v) is 3.31. The van der Waals surface area contributed by atoms with E-state index in [1.165, 1.54) is 16.7 Å². The smallest absolute Gasteiger partial charge is 0.179 e. The molecule has 3 rings (SSSR count). The fourth-order valence-electron chi connectivity index (χ4n) is 3.01. The Hall–Kier alpha value is -1.45. The number of rotatable bonds is 3. The lowest BCUT2D eigenvalue weighted by Crippen LogP contribution is -2.30. The van der Waals surface area contributed by atoms with Gasteiger partial charge in [0.25, 0.3) is 0 Å². The van der Waals surface area contributed by atoms with Gasteiger partial charge in [0.2, 0.25) is 0 Å². The van der Waals surface area contributed by atoms with Gasteiger partial charge in [-0.25, -0.2) is 0 Å². The quantitative estimate of drug-likeness (QED) is 0.927. The lowest BCUT2D eigenvalue weighted by molar-refractivity contribution is 0.354. The number of nitrogens with one attached hydrogen (secondary N) is 1. The molecule has 4 heteroatoms. The molecule has 0 amide bonds. The molecule has 0 spiro atoms. The molecule has 3 nitrogen and oxygen atoms in total. The normalized spacial score (nSPS) is 21.1. The van der Waals surface area contributed by atoms with Crippen LogP contribution in [0.1, 0.15) is 17.9 Å². The van der Waals surface area contributed by atoms with E-state index >= 15 is 0 Å². The molecule has 1 atom stereocenters.